The fraction of sp³-hybridized carbons (Fsp3) is 0.533. The van der Waals surface area contributed by atoms with Gasteiger partial charge in [-0.3, -0.25) is 9.69 Å². The van der Waals surface area contributed by atoms with Gasteiger partial charge in [0.1, 0.15) is 5.69 Å². The number of aryl methyl sites for hydroxylation is 1. The molecule has 0 aliphatic carbocycles. The van der Waals surface area contributed by atoms with Crippen molar-refractivity contribution in [2.45, 2.75) is 19.9 Å². The van der Waals surface area contributed by atoms with E-state index >= 15 is 0 Å². The molecule has 3 heterocycles. The number of fused-ring (bicyclic) bond motifs is 1. The number of hydrogen-bond acceptors (Lipinski definition) is 5. The van der Waals surface area contributed by atoms with Crippen molar-refractivity contribution < 1.29 is 9.53 Å². The molecule has 22 heavy (non-hydrogen) atoms. The van der Waals surface area contributed by atoms with E-state index in [-0.39, 0.29) is 11.9 Å². The molecule has 2 aromatic rings. The first-order chi connectivity index (χ1) is 10.6. The largest absolute Gasteiger partial charge is 0.379 e. The summed E-state index contributed by atoms with van der Waals surface area (Å²) in [4.78, 5) is 19.1. The summed E-state index contributed by atoms with van der Waals surface area (Å²) in [5.41, 5.74) is 2.01. The second-order valence-electron chi connectivity index (χ2n) is 5.59. The number of rotatable bonds is 4. The quantitative estimate of drug-likeness (QED) is 0.890. The lowest BCUT2D eigenvalue weighted by molar-refractivity contribution is 0.0204. The van der Waals surface area contributed by atoms with Gasteiger partial charge in [0, 0.05) is 37.4 Å². The molecule has 1 N–H and O–H groups in total. The first-order valence-electron chi connectivity index (χ1n) is 7.56. The van der Waals surface area contributed by atoms with Crippen molar-refractivity contribution in [2.24, 2.45) is 0 Å². The second kappa shape index (κ2) is 6.41. The number of carbonyl (C=O) groups is 1. The van der Waals surface area contributed by atoms with E-state index in [0.717, 1.165) is 32.0 Å². The van der Waals surface area contributed by atoms with Gasteiger partial charge in [0.2, 0.25) is 0 Å². The van der Waals surface area contributed by atoms with Crippen LogP contribution in [-0.2, 0) is 4.74 Å². The van der Waals surface area contributed by atoms with Crippen molar-refractivity contribution in [3.63, 3.8) is 0 Å². The number of carbonyl (C=O) groups excluding carboxylic acids is 1. The molecule has 0 aromatic carbocycles. The van der Waals surface area contributed by atoms with Gasteiger partial charge in [0.25, 0.3) is 5.91 Å². The van der Waals surface area contributed by atoms with E-state index < -0.39 is 0 Å². The summed E-state index contributed by atoms with van der Waals surface area (Å²) < 4.78 is 6.92. The summed E-state index contributed by atoms with van der Waals surface area (Å²) in [6.45, 7) is 7.94. The van der Waals surface area contributed by atoms with Crippen LogP contribution in [0.3, 0.4) is 0 Å². The van der Waals surface area contributed by atoms with Crippen LogP contribution in [0.1, 0.15) is 23.1 Å². The van der Waals surface area contributed by atoms with Crippen LogP contribution < -0.4 is 5.32 Å². The molecule has 0 radical (unpaired) electrons. The standard InChI is InChI=1S/C15H21N5O2/c1-11-9-13(20-14(18-11)3-4-17-20)15(21)16-10-12(2)19-5-7-22-8-6-19/h3-4,9,12H,5-8,10H2,1-2H3,(H,16,21)/t12-/m1/s1. The molecule has 7 nitrogen and oxygen atoms in total. The van der Waals surface area contributed by atoms with Crippen LogP contribution in [0.4, 0.5) is 0 Å². The number of nitrogens with zero attached hydrogens (tertiary/aromatic N) is 4. The molecular formula is C15H21N5O2. The van der Waals surface area contributed by atoms with Gasteiger partial charge >= 0.3 is 0 Å². The molecule has 0 bridgehead atoms. The fourth-order valence-corrected chi connectivity index (χ4v) is 2.68. The van der Waals surface area contributed by atoms with Crippen molar-refractivity contribution in [3.8, 4) is 0 Å². The highest BCUT2D eigenvalue weighted by Gasteiger charge is 2.19. The number of aromatic nitrogens is 3. The van der Waals surface area contributed by atoms with Crippen molar-refractivity contribution in [1.29, 1.82) is 0 Å². The SMILES string of the molecule is Cc1cc(C(=O)NC[C@@H](C)N2CCOCC2)n2nccc2n1. The van der Waals surface area contributed by atoms with Crippen LogP contribution in [-0.4, -0.2) is 64.3 Å². The molecule has 1 aliphatic heterocycles. The van der Waals surface area contributed by atoms with Gasteiger partial charge in [-0.1, -0.05) is 0 Å². The molecule has 3 rings (SSSR count). The maximum Gasteiger partial charge on any atom is 0.270 e. The first-order valence-corrected chi connectivity index (χ1v) is 7.56. The number of amides is 1. The van der Waals surface area contributed by atoms with Gasteiger partial charge in [0.15, 0.2) is 5.65 Å². The molecule has 2 aromatic heterocycles. The van der Waals surface area contributed by atoms with E-state index in [1.54, 1.807) is 22.8 Å². The molecule has 0 unspecified atom stereocenters. The van der Waals surface area contributed by atoms with Crippen LogP contribution in [0.5, 0.6) is 0 Å². The maximum atomic E-state index is 12.5. The third-order valence-electron chi connectivity index (χ3n) is 3.95. The van der Waals surface area contributed by atoms with Crippen molar-refractivity contribution in [2.75, 3.05) is 32.8 Å². The summed E-state index contributed by atoms with van der Waals surface area (Å²) in [6, 6.07) is 3.83. The zero-order valence-electron chi connectivity index (χ0n) is 13.0. The molecule has 0 saturated carbocycles. The van der Waals surface area contributed by atoms with Crippen LogP contribution >= 0.6 is 0 Å². The summed E-state index contributed by atoms with van der Waals surface area (Å²) in [5, 5.41) is 7.16. The average Bonchev–Trinajstić information content (AvgIpc) is 3.00. The van der Waals surface area contributed by atoms with E-state index in [2.05, 4.69) is 27.2 Å². The highest BCUT2D eigenvalue weighted by molar-refractivity contribution is 5.93. The summed E-state index contributed by atoms with van der Waals surface area (Å²) in [5.74, 6) is -0.126. The fourth-order valence-electron chi connectivity index (χ4n) is 2.68. The highest BCUT2D eigenvalue weighted by atomic mass is 16.5. The third-order valence-corrected chi connectivity index (χ3v) is 3.95. The van der Waals surface area contributed by atoms with Gasteiger partial charge < -0.3 is 10.1 Å². The smallest absolute Gasteiger partial charge is 0.270 e. The summed E-state index contributed by atoms with van der Waals surface area (Å²) in [7, 11) is 0. The van der Waals surface area contributed by atoms with Gasteiger partial charge in [0.05, 0.1) is 19.4 Å². The average molecular weight is 303 g/mol. The van der Waals surface area contributed by atoms with Crippen molar-refractivity contribution in [3.05, 3.63) is 29.7 Å². The minimum atomic E-state index is -0.126. The Morgan fingerprint density at radius 1 is 1.45 bits per heavy atom. The predicted molar refractivity (Wildman–Crippen MR) is 81.9 cm³/mol. The third kappa shape index (κ3) is 3.10. The first kappa shape index (κ1) is 14.9. The molecule has 118 valence electrons. The lowest BCUT2D eigenvalue weighted by atomic mass is 10.2. The second-order valence-corrected chi connectivity index (χ2v) is 5.59. The number of morpholine rings is 1. The minimum Gasteiger partial charge on any atom is -0.379 e. The zero-order valence-corrected chi connectivity index (χ0v) is 13.0. The highest BCUT2D eigenvalue weighted by Crippen LogP contribution is 2.07. The van der Waals surface area contributed by atoms with Gasteiger partial charge in [-0.05, 0) is 19.9 Å². The normalized spacial score (nSPS) is 17.5. The number of ether oxygens (including phenoxy) is 1. The molecule has 1 fully saturated rings. The summed E-state index contributed by atoms with van der Waals surface area (Å²) >= 11 is 0. The Labute approximate surface area is 129 Å². The van der Waals surface area contributed by atoms with E-state index in [1.807, 2.05) is 6.92 Å². The van der Waals surface area contributed by atoms with Crippen molar-refractivity contribution in [1.82, 2.24) is 24.8 Å². The lowest BCUT2D eigenvalue weighted by Gasteiger charge is -2.32. The van der Waals surface area contributed by atoms with E-state index in [4.69, 9.17) is 4.74 Å². The minimum absolute atomic E-state index is 0.126. The predicted octanol–water partition coefficient (Wildman–Crippen LogP) is 0.488. The Hall–Kier alpha value is -1.99. The van der Waals surface area contributed by atoms with Crippen LogP contribution in [0.15, 0.2) is 18.3 Å². The van der Waals surface area contributed by atoms with Crippen molar-refractivity contribution >= 4 is 11.6 Å². The molecule has 0 spiro atoms. The molecule has 7 heteroatoms. The zero-order chi connectivity index (χ0) is 15.5. The summed E-state index contributed by atoms with van der Waals surface area (Å²) in [6.07, 6.45) is 1.65. The monoisotopic (exact) mass is 303 g/mol. The number of hydrogen-bond donors (Lipinski definition) is 1. The molecule has 1 atom stereocenters. The lowest BCUT2D eigenvalue weighted by Crippen LogP contribution is -2.47. The Morgan fingerprint density at radius 2 is 2.23 bits per heavy atom. The van der Waals surface area contributed by atoms with Gasteiger partial charge in [-0.2, -0.15) is 5.10 Å². The van der Waals surface area contributed by atoms with E-state index in [0.29, 0.717) is 17.9 Å². The van der Waals surface area contributed by atoms with Gasteiger partial charge in [-0.15, -0.1) is 0 Å². The Bertz CT molecular complexity index is 663. The van der Waals surface area contributed by atoms with Crippen LogP contribution in [0, 0.1) is 6.92 Å². The Kier molecular flexibility index (Phi) is 4.35. The van der Waals surface area contributed by atoms with Crippen LogP contribution in [0.2, 0.25) is 0 Å². The van der Waals surface area contributed by atoms with E-state index in [9.17, 15) is 4.79 Å². The molecular weight excluding hydrogens is 282 g/mol. The maximum absolute atomic E-state index is 12.5. The van der Waals surface area contributed by atoms with E-state index in [1.165, 1.54) is 0 Å². The van der Waals surface area contributed by atoms with Gasteiger partial charge in [-0.25, -0.2) is 9.50 Å². The Morgan fingerprint density at radius 3 is 3.00 bits per heavy atom. The molecule has 1 saturated heterocycles. The Balaban J connectivity index is 1.67. The topological polar surface area (TPSA) is 71.8 Å². The number of nitrogens with one attached hydrogen (secondary N) is 1. The molecule has 1 amide bonds. The van der Waals surface area contributed by atoms with Crippen LogP contribution in [0.25, 0.3) is 5.65 Å². The molecule has 1 aliphatic rings.